The Morgan fingerprint density at radius 1 is 1.28 bits per heavy atom. The van der Waals surface area contributed by atoms with E-state index < -0.39 is 0 Å². The summed E-state index contributed by atoms with van der Waals surface area (Å²) in [6.45, 7) is 5.59. The molecule has 4 rings (SSSR count). The minimum absolute atomic E-state index is 0.137. The maximum atomic E-state index is 13.0. The first-order valence-electron chi connectivity index (χ1n) is 8.54. The summed E-state index contributed by atoms with van der Waals surface area (Å²) in [6, 6.07) is 0. The van der Waals surface area contributed by atoms with E-state index in [9.17, 15) is 4.79 Å². The van der Waals surface area contributed by atoms with Gasteiger partial charge in [0.05, 0.1) is 11.3 Å². The van der Waals surface area contributed by atoms with Crippen LogP contribution in [0.15, 0.2) is 17.8 Å². The predicted octanol–water partition coefficient (Wildman–Crippen LogP) is 3.06. The number of carbonyl (C=O) groups excluding carboxylic acids is 1. The number of aryl methyl sites for hydroxylation is 2. The van der Waals surface area contributed by atoms with E-state index in [1.165, 1.54) is 4.88 Å². The maximum Gasteiger partial charge on any atom is 0.254 e. The van der Waals surface area contributed by atoms with Crippen LogP contribution in [0.2, 0.25) is 0 Å². The molecule has 1 aliphatic heterocycles. The molecule has 0 unspecified atom stereocenters. The van der Waals surface area contributed by atoms with Crippen molar-refractivity contribution in [2.75, 3.05) is 13.1 Å². The number of piperidine rings is 1. The Morgan fingerprint density at radius 3 is 2.84 bits per heavy atom. The van der Waals surface area contributed by atoms with Crippen LogP contribution < -0.4 is 0 Å². The van der Waals surface area contributed by atoms with Crippen molar-refractivity contribution in [3.05, 3.63) is 39.5 Å². The number of hydrogen-bond acceptors (Lipinski definition) is 5. The molecule has 1 aliphatic rings. The summed E-state index contributed by atoms with van der Waals surface area (Å²) in [5.41, 5.74) is 4.55. The van der Waals surface area contributed by atoms with Gasteiger partial charge in [0.2, 0.25) is 0 Å². The Kier molecular flexibility index (Phi) is 4.03. The first-order chi connectivity index (χ1) is 12.1. The Labute approximate surface area is 150 Å². The van der Waals surface area contributed by atoms with Gasteiger partial charge in [0.15, 0.2) is 5.65 Å². The average molecular weight is 355 g/mol. The smallest absolute Gasteiger partial charge is 0.254 e. The first kappa shape index (κ1) is 16.2. The van der Waals surface area contributed by atoms with Crippen LogP contribution in [-0.2, 0) is 7.05 Å². The minimum atomic E-state index is 0.137. The summed E-state index contributed by atoms with van der Waals surface area (Å²) < 4.78 is 1.78. The SMILES string of the molecule is Cc1scc(C(=O)N2CCC[C@H](c3nn(C)c4nccnc34)C2)c1C. The summed E-state index contributed by atoms with van der Waals surface area (Å²) in [4.78, 5) is 25.0. The predicted molar refractivity (Wildman–Crippen MR) is 98.0 cm³/mol. The molecule has 25 heavy (non-hydrogen) atoms. The molecule has 4 heterocycles. The van der Waals surface area contributed by atoms with E-state index in [1.807, 2.05) is 24.3 Å². The van der Waals surface area contributed by atoms with Crippen LogP contribution in [0.1, 0.15) is 45.3 Å². The maximum absolute atomic E-state index is 13.0. The number of carbonyl (C=O) groups is 1. The summed E-state index contributed by atoms with van der Waals surface area (Å²) in [6.07, 6.45) is 5.40. The van der Waals surface area contributed by atoms with Crippen molar-refractivity contribution in [1.82, 2.24) is 24.6 Å². The second-order valence-electron chi connectivity index (χ2n) is 6.66. The van der Waals surface area contributed by atoms with Crippen LogP contribution >= 0.6 is 11.3 Å². The van der Waals surface area contributed by atoms with Crippen molar-refractivity contribution in [3.8, 4) is 0 Å². The Hall–Kier alpha value is -2.28. The molecule has 0 N–H and O–H groups in total. The lowest BCUT2D eigenvalue weighted by atomic mass is 9.93. The van der Waals surface area contributed by atoms with E-state index in [2.05, 4.69) is 22.0 Å². The van der Waals surface area contributed by atoms with Crippen molar-refractivity contribution in [1.29, 1.82) is 0 Å². The lowest BCUT2D eigenvalue weighted by molar-refractivity contribution is 0.0706. The van der Waals surface area contributed by atoms with Gasteiger partial charge in [0, 0.05) is 48.7 Å². The molecular formula is C18H21N5OS. The number of likely N-dealkylation sites (tertiary alicyclic amines) is 1. The van der Waals surface area contributed by atoms with Gasteiger partial charge in [-0.2, -0.15) is 5.10 Å². The standard InChI is InChI=1S/C18H21N5OS/c1-11-12(2)25-10-14(11)18(24)23-8-4-5-13(9-23)15-16-17(22(3)21-15)20-7-6-19-16/h6-7,10,13H,4-5,8-9H2,1-3H3/t13-/m0/s1. The summed E-state index contributed by atoms with van der Waals surface area (Å²) in [7, 11) is 1.89. The third-order valence-electron chi connectivity index (χ3n) is 5.10. The number of aromatic nitrogens is 4. The molecular weight excluding hydrogens is 334 g/mol. The molecule has 7 heteroatoms. The Bertz CT molecular complexity index is 944. The van der Waals surface area contributed by atoms with Crippen LogP contribution in [0.25, 0.3) is 11.2 Å². The number of nitrogens with zero attached hydrogens (tertiary/aromatic N) is 5. The summed E-state index contributed by atoms with van der Waals surface area (Å²) >= 11 is 1.64. The fourth-order valence-corrected chi connectivity index (χ4v) is 4.42. The number of thiophene rings is 1. The van der Waals surface area contributed by atoms with E-state index >= 15 is 0 Å². The van der Waals surface area contributed by atoms with Gasteiger partial charge < -0.3 is 4.90 Å². The van der Waals surface area contributed by atoms with Gasteiger partial charge >= 0.3 is 0 Å². The van der Waals surface area contributed by atoms with Gasteiger partial charge in [-0.05, 0) is 32.3 Å². The van der Waals surface area contributed by atoms with E-state index in [1.54, 1.807) is 28.4 Å². The quantitative estimate of drug-likeness (QED) is 0.709. The monoisotopic (exact) mass is 355 g/mol. The van der Waals surface area contributed by atoms with Crippen molar-refractivity contribution >= 4 is 28.4 Å². The van der Waals surface area contributed by atoms with Crippen molar-refractivity contribution < 1.29 is 4.79 Å². The van der Waals surface area contributed by atoms with Crippen molar-refractivity contribution in [2.24, 2.45) is 7.05 Å². The van der Waals surface area contributed by atoms with Crippen LogP contribution in [0.5, 0.6) is 0 Å². The van der Waals surface area contributed by atoms with Crippen LogP contribution in [0.3, 0.4) is 0 Å². The minimum Gasteiger partial charge on any atom is -0.338 e. The van der Waals surface area contributed by atoms with Crippen LogP contribution in [0, 0.1) is 13.8 Å². The van der Waals surface area contributed by atoms with Gasteiger partial charge in [-0.15, -0.1) is 11.3 Å². The molecule has 1 amide bonds. The average Bonchev–Trinajstić information content (AvgIpc) is 3.15. The Balaban J connectivity index is 1.62. The molecule has 0 aliphatic carbocycles. The third kappa shape index (κ3) is 2.72. The zero-order chi connectivity index (χ0) is 17.6. The molecule has 0 spiro atoms. The third-order valence-corrected chi connectivity index (χ3v) is 6.11. The largest absolute Gasteiger partial charge is 0.338 e. The molecule has 1 fully saturated rings. The lowest BCUT2D eigenvalue weighted by Crippen LogP contribution is -2.39. The van der Waals surface area contributed by atoms with Crippen LogP contribution in [0.4, 0.5) is 0 Å². The normalized spacial score (nSPS) is 18.0. The molecule has 0 saturated carbocycles. The first-order valence-corrected chi connectivity index (χ1v) is 9.41. The van der Waals surface area contributed by atoms with Gasteiger partial charge in [0.25, 0.3) is 5.91 Å². The molecule has 0 bridgehead atoms. The van der Waals surface area contributed by atoms with Crippen LogP contribution in [-0.4, -0.2) is 43.6 Å². The molecule has 3 aromatic rings. The highest BCUT2D eigenvalue weighted by Crippen LogP contribution is 2.31. The van der Waals surface area contributed by atoms with E-state index in [4.69, 9.17) is 0 Å². The topological polar surface area (TPSA) is 63.9 Å². The molecule has 6 nitrogen and oxygen atoms in total. The highest BCUT2D eigenvalue weighted by atomic mass is 32.1. The van der Waals surface area contributed by atoms with Crippen molar-refractivity contribution in [3.63, 3.8) is 0 Å². The number of fused-ring (bicyclic) bond motifs is 1. The fourth-order valence-electron chi connectivity index (χ4n) is 3.56. The van der Waals surface area contributed by atoms with Gasteiger partial charge in [-0.1, -0.05) is 0 Å². The number of rotatable bonds is 2. The van der Waals surface area contributed by atoms with Gasteiger partial charge in [0.1, 0.15) is 5.52 Å². The second kappa shape index (κ2) is 6.22. The lowest BCUT2D eigenvalue weighted by Gasteiger charge is -2.32. The molecule has 130 valence electrons. The molecule has 3 aromatic heterocycles. The van der Waals surface area contributed by atoms with Crippen molar-refractivity contribution in [2.45, 2.75) is 32.6 Å². The summed E-state index contributed by atoms with van der Waals surface area (Å²) in [5, 5.41) is 6.64. The highest BCUT2D eigenvalue weighted by Gasteiger charge is 2.30. The number of hydrogen-bond donors (Lipinski definition) is 0. The zero-order valence-corrected chi connectivity index (χ0v) is 15.5. The molecule has 0 radical (unpaired) electrons. The van der Waals surface area contributed by atoms with E-state index in [0.717, 1.165) is 47.4 Å². The fraction of sp³-hybridized carbons (Fsp3) is 0.444. The number of amides is 1. The van der Waals surface area contributed by atoms with E-state index in [0.29, 0.717) is 6.54 Å². The zero-order valence-electron chi connectivity index (χ0n) is 14.7. The second-order valence-corrected chi connectivity index (χ2v) is 7.74. The molecule has 0 aromatic carbocycles. The van der Waals surface area contributed by atoms with E-state index in [-0.39, 0.29) is 11.8 Å². The summed E-state index contributed by atoms with van der Waals surface area (Å²) in [5.74, 6) is 0.344. The highest BCUT2D eigenvalue weighted by molar-refractivity contribution is 7.10. The Morgan fingerprint density at radius 2 is 2.08 bits per heavy atom. The molecule has 1 atom stereocenters. The molecule has 1 saturated heterocycles. The van der Waals surface area contributed by atoms with Gasteiger partial charge in [-0.25, -0.2) is 14.6 Å². The van der Waals surface area contributed by atoms with Gasteiger partial charge in [-0.3, -0.25) is 4.79 Å².